The summed E-state index contributed by atoms with van der Waals surface area (Å²) in [5, 5.41) is 0. The molecule has 1 aliphatic heterocycles. The molecule has 2 unspecified atom stereocenters. The van der Waals surface area contributed by atoms with Gasteiger partial charge in [0.25, 0.3) is 0 Å². The Morgan fingerprint density at radius 1 is 1.39 bits per heavy atom. The lowest BCUT2D eigenvalue weighted by Crippen LogP contribution is -2.43. The molecule has 0 bridgehead atoms. The van der Waals surface area contributed by atoms with Gasteiger partial charge in [-0.25, -0.2) is 12.8 Å². The molecule has 1 N–H and O–H groups in total. The van der Waals surface area contributed by atoms with Gasteiger partial charge in [-0.1, -0.05) is 6.08 Å². The smallest absolute Gasteiger partial charge is 0.229 e. The van der Waals surface area contributed by atoms with E-state index >= 15 is 0 Å². The fourth-order valence-corrected chi connectivity index (χ4v) is 3.53. The minimum atomic E-state index is -3.36. The molecule has 0 amide bonds. The number of aliphatic imine (C=N–C) groups is 1. The first-order valence-corrected chi connectivity index (χ1v) is 8.89. The average Bonchev–Trinajstić information content (AvgIpc) is 2.68. The molecule has 2 atom stereocenters. The highest BCUT2D eigenvalue weighted by molar-refractivity contribution is 7.88. The second kappa shape index (κ2) is 5.16. The number of rotatable bonds is 3. The molecule has 122 valence electrons. The van der Waals surface area contributed by atoms with E-state index in [4.69, 9.17) is 0 Å². The summed E-state index contributed by atoms with van der Waals surface area (Å²) in [4.78, 5) is 10.5. The molecule has 0 radical (unpaired) electrons. The zero-order chi connectivity index (χ0) is 16.8. The van der Waals surface area contributed by atoms with E-state index in [0.717, 1.165) is 12.5 Å². The lowest BCUT2D eigenvalue weighted by atomic mass is 9.88. The van der Waals surface area contributed by atoms with Crippen LogP contribution in [0.15, 0.2) is 47.4 Å². The average molecular weight is 336 g/mol. The number of hydrogen-bond donors (Lipinski definition) is 1. The normalized spacial score (nSPS) is 26.6. The minimum Gasteiger partial charge on any atom is -0.350 e. The van der Waals surface area contributed by atoms with Crippen molar-refractivity contribution in [2.75, 3.05) is 13.3 Å². The molecular weight excluding hydrogens is 319 g/mol. The van der Waals surface area contributed by atoms with E-state index in [2.05, 4.69) is 14.7 Å². The maximum Gasteiger partial charge on any atom is 0.229 e. The van der Waals surface area contributed by atoms with Crippen molar-refractivity contribution in [2.24, 2.45) is 4.99 Å². The molecule has 1 aromatic rings. The van der Waals surface area contributed by atoms with Crippen LogP contribution in [0.5, 0.6) is 0 Å². The van der Waals surface area contributed by atoms with Gasteiger partial charge in [-0.2, -0.15) is 0 Å². The van der Waals surface area contributed by atoms with Crippen LogP contribution in [0.2, 0.25) is 0 Å². The maximum absolute atomic E-state index is 13.4. The van der Waals surface area contributed by atoms with Crippen molar-refractivity contribution in [1.82, 2.24) is 14.6 Å². The Morgan fingerprint density at radius 2 is 2.13 bits per heavy atom. The molecule has 0 saturated carbocycles. The SMILES string of the molecule is CN1C(c2cncc(F)c2)=NC2(C)C=C(NS(C)(=O)=O)C=CC12. The van der Waals surface area contributed by atoms with Gasteiger partial charge in [-0.05, 0) is 25.1 Å². The van der Waals surface area contributed by atoms with Crippen LogP contribution in [0.25, 0.3) is 0 Å². The maximum atomic E-state index is 13.4. The highest BCUT2D eigenvalue weighted by Gasteiger charge is 2.43. The molecule has 0 aromatic carbocycles. The molecular formula is C15H17FN4O2S. The Kier molecular flexibility index (Phi) is 3.51. The zero-order valence-corrected chi connectivity index (χ0v) is 13.8. The topological polar surface area (TPSA) is 74.7 Å². The monoisotopic (exact) mass is 336 g/mol. The summed E-state index contributed by atoms with van der Waals surface area (Å²) >= 11 is 0. The van der Waals surface area contributed by atoms with Gasteiger partial charge in [0, 0.05) is 24.5 Å². The highest BCUT2D eigenvalue weighted by Crippen LogP contribution is 2.35. The van der Waals surface area contributed by atoms with E-state index in [1.807, 2.05) is 24.9 Å². The lowest BCUT2D eigenvalue weighted by Gasteiger charge is -2.32. The van der Waals surface area contributed by atoms with Gasteiger partial charge in [-0.15, -0.1) is 0 Å². The number of pyridine rings is 1. The van der Waals surface area contributed by atoms with Crippen molar-refractivity contribution in [1.29, 1.82) is 0 Å². The molecule has 1 aliphatic carbocycles. The van der Waals surface area contributed by atoms with Crippen LogP contribution < -0.4 is 4.72 Å². The standard InChI is InChI=1S/C15H17FN4O2S/c1-15-7-12(19-23(3,21)22)4-5-13(15)20(2)14(18-15)10-6-11(16)9-17-8-10/h4-9,13,19H,1-3H3. The second-order valence-electron chi connectivity index (χ2n) is 5.94. The summed E-state index contributed by atoms with van der Waals surface area (Å²) in [5.41, 5.74) is 0.419. The summed E-state index contributed by atoms with van der Waals surface area (Å²) < 4.78 is 38.7. The van der Waals surface area contributed by atoms with Crippen molar-refractivity contribution in [2.45, 2.75) is 18.5 Å². The molecule has 0 spiro atoms. The summed E-state index contributed by atoms with van der Waals surface area (Å²) in [6.07, 6.45) is 9.17. The number of allylic oxidation sites excluding steroid dienone is 1. The van der Waals surface area contributed by atoms with Crippen molar-refractivity contribution >= 4 is 15.9 Å². The summed E-state index contributed by atoms with van der Waals surface area (Å²) in [6.45, 7) is 1.90. The van der Waals surface area contributed by atoms with Crippen molar-refractivity contribution in [3.8, 4) is 0 Å². The van der Waals surface area contributed by atoms with Crippen LogP contribution in [0, 0.1) is 5.82 Å². The summed E-state index contributed by atoms with van der Waals surface area (Å²) in [6, 6.07) is 1.30. The predicted octanol–water partition coefficient (Wildman–Crippen LogP) is 1.04. The molecule has 23 heavy (non-hydrogen) atoms. The third-order valence-corrected chi connectivity index (χ3v) is 4.48. The van der Waals surface area contributed by atoms with Crippen LogP contribution in [0.4, 0.5) is 4.39 Å². The molecule has 2 aliphatic rings. The first-order chi connectivity index (χ1) is 10.7. The molecule has 2 heterocycles. The summed E-state index contributed by atoms with van der Waals surface area (Å²) in [7, 11) is -1.49. The van der Waals surface area contributed by atoms with Crippen LogP contribution in [-0.4, -0.2) is 49.0 Å². The van der Waals surface area contributed by atoms with E-state index in [9.17, 15) is 12.8 Å². The Hall–Kier alpha value is -2.22. The fourth-order valence-electron chi connectivity index (χ4n) is 2.98. The van der Waals surface area contributed by atoms with Crippen LogP contribution in [0.1, 0.15) is 12.5 Å². The van der Waals surface area contributed by atoms with Gasteiger partial charge in [0.15, 0.2) is 0 Å². The number of hydrogen-bond acceptors (Lipinski definition) is 5. The Balaban J connectivity index is 2.00. The van der Waals surface area contributed by atoms with Crippen LogP contribution in [-0.2, 0) is 10.0 Å². The second-order valence-corrected chi connectivity index (χ2v) is 7.69. The Labute approximate surface area is 134 Å². The molecule has 8 heteroatoms. The van der Waals surface area contributed by atoms with Gasteiger partial charge >= 0.3 is 0 Å². The number of amidine groups is 1. The molecule has 6 nitrogen and oxygen atoms in total. The third kappa shape index (κ3) is 2.98. The predicted molar refractivity (Wildman–Crippen MR) is 85.9 cm³/mol. The zero-order valence-electron chi connectivity index (χ0n) is 13.0. The largest absolute Gasteiger partial charge is 0.350 e. The first kappa shape index (κ1) is 15.7. The van der Waals surface area contributed by atoms with E-state index in [1.54, 1.807) is 18.3 Å². The molecule has 0 saturated heterocycles. The number of aromatic nitrogens is 1. The van der Waals surface area contributed by atoms with E-state index in [0.29, 0.717) is 17.1 Å². The van der Waals surface area contributed by atoms with Crippen LogP contribution in [0.3, 0.4) is 0 Å². The van der Waals surface area contributed by atoms with Crippen molar-refractivity contribution in [3.05, 3.63) is 53.8 Å². The number of fused-ring (bicyclic) bond motifs is 1. The number of nitrogens with one attached hydrogen (secondary N) is 1. The lowest BCUT2D eigenvalue weighted by molar-refractivity contribution is 0.366. The number of nitrogens with zero attached hydrogens (tertiary/aromatic N) is 3. The number of halogens is 1. The van der Waals surface area contributed by atoms with E-state index < -0.39 is 21.4 Å². The van der Waals surface area contributed by atoms with Gasteiger partial charge in [0.1, 0.15) is 17.2 Å². The van der Waals surface area contributed by atoms with Gasteiger partial charge in [-0.3, -0.25) is 14.7 Å². The Bertz CT molecular complexity index is 847. The van der Waals surface area contributed by atoms with E-state index in [1.165, 1.54) is 6.07 Å². The minimum absolute atomic E-state index is 0.0779. The van der Waals surface area contributed by atoms with E-state index in [-0.39, 0.29) is 6.04 Å². The number of sulfonamides is 1. The Morgan fingerprint density at radius 3 is 2.78 bits per heavy atom. The van der Waals surface area contributed by atoms with Gasteiger partial charge < -0.3 is 4.90 Å². The third-order valence-electron chi connectivity index (χ3n) is 3.87. The van der Waals surface area contributed by atoms with Crippen molar-refractivity contribution in [3.63, 3.8) is 0 Å². The van der Waals surface area contributed by atoms with Gasteiger partial charge in [0.05, 0.1) is 18.5 Å². The summed E-state index contributed by atoms with van der Waals surface area (Å²) in [5.74, 6) is 0.190. The molecule has 1 aromatic heterocycles. The van der Waals surface area contributed by atoms with Crippen molar-refractivity contribution < 1.29 is 12.8 Å². The highest BCUT2D eigenvalue weighted by atomic mass is 32.2. The number of likely N-dealkylation sites (N-methyl/N-ethyl adjacent to an activating group) is 1. The quantitative estimate of drug-likeness (QED) is 0.895. The molecule has 3 rings (SSSR count). The fraction of sp³-hybridized carbons (Fsp3) is 0.333. The molecule has 0 fully saturated rings. The first-order valence-electron chi connectivity index (χ1n) is 7.00. The van der Waals surface area contributed by atoms with Crippen LogP contribution >= 0.6 is 0 Å². The van der Waals surface area contributed by atoms with Gasteiger partial charge in [0.2, 0.25) is 10.0 Å².